The number of carbonyl (C=O) groups is 2. The smallest absolute Gasteiger partial charge is 0.396 e. The molecule has 2 rings (SSSR count). The molecule has 0 heterocycles. The fourth-order valence-electron chi connectivity index (χ4n) is 2.66. The van der Waals surface area contributed by atoms with Crippen LogP contribution in [0.4, 0.5) is 18.9 Å². The summed E-state index contributed by atoms with van der Waals surface area (Å²) in [5.74, 6) is -2.18. The summed E-state index contributed by atoms with van der Waals surface area (Å²) in [5.41, 5.74) is -3.85. The molecule has 8 nitrogen and oxygen atoms in total. The number of rotatable bonds is 8. The second-order valence-electron chi connectivity index (χ2n) is 7.58. The van der Waals surface area contributed by atoms with Crippen molar-refractivity contribution in [3.63, 3.8) is 0 Å². The third kappa shape index (κ3) is 6.09. The Labute approximate surface area is 209 Å². The first-order valence-electron chi connectivity index (χ1n) is 9.79. The van der Waals surface area contributed by atoms with Crippen LogP contribution in [0.1, 0.15) is 17.3 Å². The van der Waals surface area contributed by atoms with Crippen molar-refractivity contribution in [3.05, 3.63) is 47.0 Å². The van der Waals surface area contributed by atoms with Gasteiger partial charge in [0.2, 0.25) is 15.4 Å². The van der Waals surface area contributed by atoms with Gasteiger partial charge in [0.25, 0.3) is 11.8 Å². The maximum atomic E-state index is 13.3. The van der Waals surface area contributed by atoms with E-state index in [0.717, 1.165) is 23.9 Å². The molecular formula is C21H22ClF3N2O6S2. The van der Waals surface area contributed by atoms with Crippen molar-refractivity contribution in [1.29, 1.82) is 0 Å². The molecule has 3 N–H and O–H groups in total. The lowest BCUT2D eigenvalue weighted by Crippen LogP contribution is -2.52. The Kier molecular flexibility index (Phi) is 8.88. The monoisotopic (exact) mass is 554 g/mol. The maximum absolute atomic E-state index is 13.3. The summed E-state index contributed by atoms with van der Waals surface area (Å²) in [6, 6.07) is 7.12. The van der Waals surface area contributed by atoms with Crippen LogP contribution in [-0.2, 0) is 14.6 Å². The number of aliphatic hydroxyl groups is 2. The van der Waals surface area contributed by atoms with Gasteiger partial charge in [0, 0.05) is 30.3 Å². The molecule has 2 aromatic rings. The minimum Gasteiger partial charge on any atom is -0.396 e. The van der Waals surface area contributed by atoms with Gasteiger partial charge in [-0.25, -0.2) is 8.42 Å². The van der Waals surface area contributed by atoms with E-state index in [0.29, 0.717) is 0 Å². The highest BCUT2D eigenvalue weighted by molar-refractivity contribution is 8.00. The first-order valence-corrected chi connectivity index (χ1v) is 12.6. The quantitative estimate of drug-likeness (QED) is 0.428. The Bertz CT molecular complexity index is 1220. The fraction of sp³-hybridized carbons (Fsp3) is 0.333. The standard InChI is InChI=1S/C21H22ClF3N2O6S2/c1-20(31,21(23,24)25)19(30)26-14-8-9-15(17(16(14)22)34-11-10-28)35(32,33)13-6-4-12(5-7-13)18(29)27(2)3/h4-9,28,31H,10-11H2,1-3H3,(H,26,30). The number of hydrogen-bond acceptors (Lipinski definition) is 7. The molecule has 0 aliphatic rings. The van der Waals surface area contributed by atoms with Gasteiger partial charge in [-0.3, -0.25) is 9.59 Å². The van der Waals surface area contributed by atoms with Gasteiger partial charge < -0.3 is 20.4 Å². The number of anilines is 1. The van der Waals surface area contributed by atoms with Gasteiger partial charge in [-0.05, 0) is 43.3 Å². The van der Waals surface area contributed by atoms with Crippen LogP contribution in [0.5, 0.6) is 0 Å². The Morgan fingerprint density at radius 1 is 1.11 bits per heavy atom. The molecule has 14 heteroatoms. The summed E-state index contributed by atoms with van der Waals surface area (Å²) >= 11 is 7.06. The van der Waals surface area contributed by atoms with Crippen molar-refractivity contribution < 1.29 is 41.4 Å². The maximum Gasteiger partial charge on any atom is 0.426 e. The van der Waals surface area contributed by atoms with Crippen molar-refractivity contribution in [2.75, 3.05) is 31.8 Å². The summed E-state index contributed by atoms with van der Waals surface area (Å²) in [7, 11) is -1.16. The predicted molar refractivity (Wildman–Crippen MR) is 124 cm³/mol. The van der Waals surface area contributed by atoms with Crippen LogP contribution in [0.15, 0.2) is 51.1 Å². The number of thioether (sulfide) groups is 1. The van der Waals surface area contributed by atoms with E-state index in [2.05, 4.69) is 0 Å². The fourth-order valence-corrected chi connectivity index (χ4v) is 5.68. The molecule has 35 heavy (non-hydrogen) atoms. The lowest BCUT2D eigenvalue weighted by Gasteiger charge is -2.25. The minimum atomic E-state index is -5.28. The number of sulfone groups is 1. The normalized spacial score (nSPS) is 13.7. The molecule has 2 aromatic carbocycles. The van der Waals surface area contributed by atoms with Crippen molar-refractivity contribution >= 4 is 50.7 Å². The number of alkyl halides is 3. The molecule has 1 unspecified atom stereocenters. The number of nitrogens with one attached hydrogen (secondary N) is 1. The van der Waals surface area contributed by atoms with Crippen LogP contribution in [0, 0.1) is 0 Å². The van der Waals surface area contributed by atoms with Crippen LogP contribution in [0.2, 0.25) is 5.02 Å². The summed E-state index contributed by atoms with van der Waals surface area (Å²) < 4.78 is 65.6. The largest absolute Gasteiger partial charge is 0.426 e. The summed E-state index contributed by atoms with van der Waals surface area (Å²) in [6.07, 6.45) is -5.28. The zero-order chi connectivity index (χ0) is 26.8. The van der Waals surface area contributed by atoms with Gasteiger partial charge in [0.1, 0.15) is 0 Å². The predicted octanol–water partition coefficient (Wildman–Crippen LogP) is 3.21. The van der Waals surface area contributed by atoms with Crippen molar-refractivity contribution in [2.24, 2.45) is 0 Å². The van der Waals surface area contributed by atoms with E-state index in [1.54, 1.807) is 0 Å². The molecule has 0 bridgehead atoms. The zero-order valence-corrected chi connectivity index (χ0v) is 21.1. The van der Waals surface area contributed by atoms with Crippen molar-refractivity contribution in [1.82, 2.24) is 4.90 Å². The molecule has 0 aliphatic heterocycles. The molecule has 2 amide bonds. The molecule has 1 atom stereocenters. The van der Waals surface area contributed by atoms with Crippen LogP contribution in [0.3, 0.4) is 0 Å². The molecular weight excluding hydrogens is 533 g/mol. The lowest BCUT2D eigenvalue weighted by molar-refractivity contribution is -0.242. The van der Waals surface area contributed by atoms with E-state index < -0.39 is 32.5 Å². The van der Waals surface area contributed by atoms with Gasteiger partial charge in [-0.1, -0.05) is 11.6 Å². The van der Waals surface area contributed by atoms with Crippen molar-refractivity contribution in [3.8, 4) is 0 Å². The molecule has 0 spiro atoms. The summed E-state index contributed by atoms with van der Waals surface area (Å²) in [4.78, 5) is 24.8. The number of hydrogen-bond donors (Lipinski definition) is 3. The molecule has 0 aliphatic carbocycles. The van der Waals surface area contributed by atoms with Crippen molar-refractivity contribution in [2.45, 2.75) is 33.4 Å². The Morgan fingerprint density at radius 3 is 2.17 bits per heavy atom. The highest BCUT2D eigenvalue weighted by Gasteiger charge is 2.55. The zero-order valence-electron chi connectivity index (χ0n) is 18.7. The average Bonchev–Trinajstić information content (AvgIpc) is 2.77. The molecule has 0 fully saturated rings. The molecule has 0 radical (unpaired) electrons. The molecule has 0 saturated heterocycles. The van der Waals surface area contributed by atoms with Gasteiger partial charge >= 0.3 is 6.18 Å². The summed E-state index contributed by atoms with van der Waals surface area (Å²) in [6.45, 7) is -0.109. The van der Waals surface area contributed by atoms with Crippen LogP contribution >= 0.6 is 23.4 Å². The van der Waals surface area contributed by atoms with E-state index in [9.17, 15) is 41.4 Å². The second-order valence-corrected chi connectivity index (χ2v) is 11.0. The second kappa shape index (κ2) is 10.7. The minimum absolute atomic E-state index is 0.0177. The number of aliphatic hydroxyl groups excluding tert-OH is 1. The Morgan fingerprint density at radius 2 is 1.69 bits per heavy atom. The highest BCUT2D eigenvalue weighted by atomic mass is 35.5. The Balaban J connectivity index is 2.54. The number of nitrogens with zero attached hydrogens (tertiary/aromatic N) is 1. The van der Waals surface area contributed by atoms with Gasteiger partial charge in [0.15, 0.2) is 0 Å². The number of benzene rings is 2. The van der Waals surface area contributed by atoms with E-state index in [4.69, 9.17) is 11.6 Å². The number of amides is 2. The van der Waals surface area contributed by atoms with Gasteiger partial charge in [0.05, 0.1) is 27.1 Å². The van der Waals surface area contributed by atoms with Crippen LogP contribution in [0.25, 0.3) is 0 Å². The molecule has 0 aromatic heterocycles. The van der Waals surface area contributed by atoms with E-state index in [1.807, 2.05) is 5.32 Å². The number of halogens is 4. The third-order valence-corrected chi connectivity index (χ3v) is 8.29. The lowest BCUT2D eigenvalue weighted by atomic mass is 10.1. The molecule has 192 valence electrons. The van der Waals surface area contributed by atoms with Crippen LogP contribution < -0.4 is 5.32 Å². The Hall–Kier alpha value is -2.32. The summed E-state index contributed by atoms with van der Waals surface area (Å²) in [5, 5.41) is 20.2. The average molecular weight is 555 g/mol. The van der Waals surface area contributed by atoms with E-state index >= 15 is 0 Å². The third-order valence-electron chi connectivity index (χ3n) is 4.75. The SMILES string of the molecule is CN(C)C(=O)c1ccc(S(=O)(=O)c2ccc(NC(=O)C(C)(O)C(F)(F)F)c(Cl)c2SCCO)cc1. The van der Waals surface area contributed by atoms with Gasteiger partial charge in [-0.15, -0.1) is 11.8 Å². The molecule has 0 saturated carbocycles. The first kappa shape index (κ1) is 28.9. The van der Waals surface area contributed by atoms with Crippen LogP contribution in [-0.4, -0.2) is 73.6 Å². The van der Waals surface area contributed by atoms with E-state index in [1.165, 1.54) is 43.3 Å². The highest BCUT2D eigenvalue weighted by Crippen LogP contribution is 2.41. The first-order chi connectivity index (χ1) is 16.1. The van der Waals surface area contributed by atoms with Gasteiger partial charge in [-0.2, -0.15) is 13.2 Å². The number of carbonyl (C=O) groups excluding carboxylic acids is 2. The topological polar surface area (TPSA) is 124 Å². The van der Waals surface area contributed by atoms with E-state index in [-0.39, 0.29) is 51.1 Å².